The van der Waals surface area contributed by atoms with Crippen LogP contribution >= 0.6 is 0 Å². The predicted molar refractivity (Wildman–Crippen MR) is 102 cm³/mol. The smallest absolute Gasteiger partial charge is 0.231 e. The second-order valence-corrected chi connectivity index (χ2v) is 7.02. The van der Waals surface area contributed by atoms with Crippen molar-refractivity contribution < 1.29 is 33.7 Å². The van der Waals surface area contributed by atoms with Crippen LogP contribution in [-0.2, 0) is 0 Å². The van der Waals surface area contributed by atoms with Crippen LogP contribution in [0.3, 0.4) is 0 Å². The zero-order valence-corrected chi connectivity index (χ0v) is 16.4. The molecule has 0 aliphatic carbocycles. The quantitative estimate of drug-likeness (QED) is 0.788. The molecule has 0 amide bonds. The van der Waals surface area contributed by atoms with Crippen LogP contribution in [0.4, 0.5) is 0 Å². The third kappa shape index (κ3) is 3.16. The van der Waals surface area contributed by atoms with E-state index in [0.717, 1.165) is 37.1 Å². The van der Waals surface area contributed by atoms with Gasteiger partial charge in [-0.25, -0.2) is 0 Å². The van der Waals surface area contributed by atoms with Gasteiger partial charge in [0.25, 0.3) is 0 Å². The van der Waals surface area contributed by atoms with Crippen LogP contribution in [0.25, 0.3) is 0 Å². The van der Waals surface area contributed by atoms with Crippen molar-refractivity contribution in [3.63, 3.8) is 0 Å². The molecule has 2 aliphatic rings. The molecular formula is C21H26NO6+. The van der Waals surface area contributed by atoms with E-state index in [2.05, 4.69) is 0 Å². The Hall–Kier alpha value is -2.80. The largest absolute Gasteiger partial charge is 0.507 e. The summed E-state index contributed by atoms with van der Waals surface area (Å²) < 4.78 is 27.5. The van der Waals surface area contributed by atoms with Crippen LogP contribution in [0.1, 0.15) is 30.0 Å². The number of fused-ring (bicyclic) bond motifs is 1. The number of hydrogen-bond acceptors (Lipinski definition) is 6. The number of likely N-dealkylation sites (tertiary alicyclic amines) is 1. The summed E-state index contributed by atoms with van der Waals surface area (Å²) in [5, 5.41) is 10.8. The average molecular weight is 388 g/mol. The second kappa shape index (κ2) is 7.67. The van der Waals surface area contributed by atoms with Crippen molar-refractivity contribution in [2.45, 2.75) is 18.9 Å². The maximum absolute atomic E-state index is 10.8. The molecule has 0 spiro atoms. The van der Waals surface area contributed by atoms with Gasteiger partial charge in [-0.2, -0.15) is 0 Å². The van der Waals surface area contributed by atoms with Gasteiger partial charge in [0.05, 0.1) is 40.0 Å². The number of phenolic OH excluding ortho intramolecular Hbond substituents is 1. The number of methoxy groups -OCH3 is 3. The molecule has 0 unspecified atom stereocenters. The van der Waals surface area contributed by atoms with Crippen molar-refractivity contribution in [2.24, 2.45) is 0 Å². The molecule has 0 aromatic heterocycles. The summed E-state index contributed by atoms with van der Waals surface area (Å²) >= 11 is 0. The van der Waals surface area contributed by atoms with Crippen molar-refractivity contribution >= 4 is 0 Å². The molecule has 0 saturated carbocycles. The molecule has 1 atom stereocenters. The molecule has 7 nitrogen and oxygen atoms in total. The van der Waals surface area contributed by atoms with E-state index in [0.29, 0.717) is 28.7 Å². The van der Waals surface area contributed by atoms with Crippen LogP contribution in [0.5, 0.6) is 34.5 Å². The van der Waals surface area contributed by atoms with Crippen molar-refractivity contribution in [3.8, 4) is 34.5 Å². The number of rotatable bonds is 6. The van der Waals surface area contributed by atoms with Crippen LogP contribution in [0.15, 0.2) is 24.3 Å². The van der Waals surface area contributed by atoms with Crippen LogP contribution in [0, 0.1) is 0 Å². The molecule has 1 saturated heterocycles. The topological polar surface area (TPSA) is 70.8 Å². The molecule has 2 aromatic carbocycles. The maximum atomic E-state index is 10.8. The lowest BCUT2D eigenvalue weighted by molar-refractivity contribution is -0.913. The lowest BCUT2D eigenvalue weighted by atomic mass is 9.95. The van der Waals surface area contributed by atoms with E-state index >= 15 is 0 Å². The fourth-order valence-electron chi connectivity index (χ4n) is 4.20. The van der Waals surface area contributed by atoms with E-state index in [4.69, 9.17) is 23.7 Å². The number of ether oxygens (including phenoxy) is 5. The molecule has 7 heteroatoms. The highest BCUT2D eigenvalue weighted by molar-refractivity contribution is 5.58. The number of hydrogen-bond donors (Lipinski definition) is 2. The molecule has 28 heavy (non-hydrogen) atoms. The number of quaternary nitrogens is 1. The molecular weight excluding hydrogens is 362 g/mol. The fraction of sp³-hybridized carbons (Fsp3) is 0.429. The maximum Gasteiger partial charge on any atom is 0.231 e. The van der Waals surface area contributed by atoms with Gasteiger partial charge in [-0.1, -0.05) is 0 Å². The minimum atomic E-state index is -0.0919. The van der Waals surface area contributed by atoms with Gasteiger partial charge in [-0.05, 0) is 18.2 Å². The first kappa shape index (κ1) is 18.6. The third-order valence-electron chi connectivity index (χ3n) is 5.51. The van der Waals surface area contributed by atoms with Crippen molar-refractivity contribution in [1.29, 1.82) is 0 Å². The number of phenols is 1. The van der Waals surface area contributed by atoms with Crippen LogP contribution < -0.4 is 28.6 Å². The zero-order chi connectivity index (χ0) is 19.7. The van der Waals surface area contributed by atoms with Gasteiger partial charge in [0.15, 0.2) is 23.0 Å². The Balaban J connectivity index is 1.86. The SMILES string of the molecule is COc1cc([C@@H](c2cc3c(cc2O)OCO3)[NH+]2CCCC2)cc(OC)c1OC. The number of benzene rings is 2. The van der Waals surface area contributed by atoms with Gasteiger partial charge in [0, 0.05) is 24.5 Å². The Morgan fingerprint density at radius 1 is 0.893 bits per heavy atom. The van der Waals surface area contributed by atoms with E-state index in [1.807, 2.05) is 18.2 Å². The van der Waals surface area contributed by atoms with Gasteiger partial charge in [-0.15, -0.1) is 0 Å². The summed E-state index contributed by atoms with van der Waals surface area (Å²) in [5.41, 5.74) is 1.79. The van der Waals surface area contributed by atoms with Crippen LogP contribution in [0.2, 0.25) is 0 Å². The van der Waals surface area contributed by atoms with E-state index in [-0.39, 0.29) is 18.6 Å². The first-order chi connectivity index (χ1) is 13.7. The summed E-state index contributed by atoms with van der Waals surface area (Å²) in [6, 6.07) is 7.35. The fourth-order valence-corrected chi connectivity index (χ4v) is 4.20. The van der Waals surface area contributed by atoms with Crippen molar-refractivity contribution in [1.82, 2.24) is 0 Å². The van der Waals surface area contributed by atoms with E-state index < -0.39 is 0 Å². The van der Waals surface area contributed by atoms with Crippen molar-refractivity contribution in [2.75, 3.05) is 41.2 Å². The predicted octanol–water partition coefficient (Wildman–Crippen LogP) is 1.91. The lowest BCUT2D eigenvalue weighted by Gasteiger charge is -2.27. The average Bonchev–Trinajstić information content (AvgIpc) is 3.39. The first-order valence-electron chi connectivity index (χ1n) is 9.43. The monoisotopic (exact) mass is 388 g/mol. The Kier molecular flexibility index (Phi) is 5.09. The van der Waals surface area contributed by atoms with E-state index in [1.165, 1.54) is 4.90 Å². The minimum absolute atomic E-state index is 0.0919. The first-order valence-corrected chi connectivity index (χ1v) is 9.43. The Morgan fingerprint density at radius 2 is 1.50 bits per heavy atom. The highest BCUT2D eigenvalue weighted by atomic mass is 16.7. The third-order valence-corrected chi connectivity index (χ3v) is 5.51. The molecule has 150 valence electrons. The molecule has 2 aromatic rings. The molecule has 0 bridgehead atoms. The molecule has 2 aliphatic heterocycles. The van der Waals surface area contributed by atoms with Gasteiger partial charge in [0.1, 0.15) is 11.8 Å². The van der Waals surface area contributed by atoms with Gasteiger partial charge in [0.2, 0.25) is 12.5 Å². The zero-order valence-electron chi connectivity index (χ0n) is 16.4. The highest BCUT2D eigenvalue weighted by Crippen LogP contribution is 2.44. The number of aromatic hydroxyl groups is 1. The molecule has 0 radical (unpaired) electrons. The molecule has 2 N–H and O–H groups in total. The minimum Gasteiger partial charge on any atom is -0.507 e. The second-order valence-electron chi connectivity index (χ2n) is 7.02. The number of nitrogens with one attached hydrogen (secondary N) is 1. The standard InChI is InChI=1S/C21H25NO6/c1-24-18-8-13(9-19(25-2)21(18)26-3)20(22-6-4-5-7-22)14-10-16-17(11-15(14)23)28-12-27-16/h8-11,20,23H,4-7,12H2,1-3H3/p+1/t20-/m0/s1. The van der Waals surface area contributed by atoms with Gasteiger partial charge >= 0.3 is 0 Å². The summed E-state index contributed by atoms with van der Waals surface area (Å²) in [7, 11) is 4.81. The van der Waals surface area contributed by atoms with Gasteiger partial charge < -0.3 is 33.7 Å². The van der Waals surface area contributed by atoms with Crippen LogP contribution in [-0.4, -0.2) is 46.3 Å². The normalized spacial score (nSPS) is 16.8. The Bertz CT molecular complexity index is 837. The molecule has 1 fully saturated rings. The van der Waals surface area contributed by atoms with E-state index in [1.54, 1.807) is 27.4 Å². The lowest BCUT2D eigenvalue weighted by Crippen LogP contribution is -3.10. The summed E-state index contributed by atoms with van der Waals surface area (Å²) in [6.07, 6.45) is 2.31. The summed E-state index contributed by atoms with van der Waals surface area (Å²) in [5.74, 6) is 3.17. The van der Waals surface area contributed by atoms with Gasteiger partial charge in [-0.3, -0.25) is 0 Å². The van der Waals surface area contributed by atoms with Crippen molar-refractivity contribution in [3.05, 3.63) is 35.4 Å². The summed E-state index contributed by atoms with van der Waals surface area (Å²) in [4.78, 5) is 1.38. The summed E-state index contributed by atoms with van der Waals surface area (Å²) in [6.45, 7) is 2.22. The molecule has 2 heterocycles. The Morgan fingerprint density at radius 3 is 2.07 bits per heavy atom. The van der Waals surface area contributed by atoms with E-state index in [9.17, 15) is 5.11 Å². The Labute approximate surface area is 164 Å². The molecule has 4 rings (SSSR count). The highest BCUT2D eigenvalue weighted by Gasteiger charge is 2.34.